The van der Waals surface area contributed by atoms with Crippen LogP contribution in [0.25, 0.3) is 111 Å². The largest absolute Gasteiger partial charge is 0.456 e. The minimum atomic E-state index is -0.145. The van der Waals surface area contributed by atoms with E-state index in [4.69, 9.17) is 18.8 Å². The number of aromatic nitrogens is 2. The summed E-state index contributed by atoms with van der Waals surface area (Å²) < 4.78 is 12.3. The second-order valence-corrected chi connectivity index (χ2v) is 16.1. The highest BCUT2D eigenvalue weighted by molar-refractivity contribution is 6.07. The Morgan fingerprint density at radius 2 is 0.814 bits per heavy atom. The van der Waals surface area contributed by atoms with Crippen molar-refractivity contribution >= 4 is 43.9 Å². The zero-order valence-corrected chi connectivity index (χ0v) is 32.5. The van der Waals surface area contributed by atoms with Crippen LogP contribution in [0.3, 0.4) is 0 Å². The molecular weight excluding hydrogens is 721 g/mol. The molecule has 0 N–H and O–H groups in total. The lowest BCUT2D eigenvalue weighted by Gasteiger charge is -2.21. The molecule has 278 valence electrons. The molecule has 0 saturated heterocycles. The minimum absolute atomic E-state index is 0.145. The second kappa shape index (κ2) is 12.7. The van der Waals surface area contributed by atoms with Gasteiger partial charge in [0.1, 0.15) is 22.3 Å². The highest BCUT2D eigenvalue weighted by atomic mass is 16.3. The Bertz CT molecular complexity index is 3320. The number of hydrogen-bond donors (Lipinski definition) is 0. The Morgan fingerprint density at radius 3 is 1.42 bits per heavy atom. The predicted molar refractivity (Wildman–Crippen MR) is 241 cm³/mol. The summed E-state index contributed by atoms with van der Waals surface area (Å²) in [5.74, 6) is 0.704. The maximum Gasteiger partial charge on any atom is 0.161 e. The smallest absolute Gasteiger partial charge is 0.161 e. The molecule has 0 saturated carbocycles. The Balaban J connectivity index is 1.03. The van der Waals surface area contributed by atoms with Gasteiger partial charge in [-0.2, -0.15) is 0 Å². The molecule has 0 fully saturated rings. The van der Waals surface area contributed by atoms with Gasteiger partial charge < -0.3 is 8.83 Å². The summed E-state index contributed by atoms with van der Waals surface area (Å²) >= 11 is 0. The highest BCUT2D eigenvalue weighted by Crippen LogP contribution is 2.52. The molecule has 4 heteroatoms. The topological polar surface area (TPSA) is 52.1 Å². The lowest BCUT2D eigenvalue weighted by Crippen LogP contribution is -2.14. The van der Waals surface area contributed by atoms with Gasteiger partial charge in [-0.25, -0.2) is 9.97 Å². The van der Waals surface area contributed by atoms with Gasteiger partial charge in [-0.05, 0) is 99.1 Å². The van der Waals surface area contributed by atoms with Crippen LogP contribution in [0.1, 0.15) is 25.0 Å². The van der Waals surface area contributed by atoms with Gasteiger partial charge in [0.2, 0.25) is 0 Å². The van der Waals surface area contributed by atoms with Crippen molar-refractivity contribution in [1.29, 1.82) is 0 Å². The highest BCUT2D eigenvalue weighted by Gasteiger charge is 2.37. The molecule has 1 aliphatic rings. The Morgan fingerprint density at radius 1 is 0.356 bits per heavy atom. The van der Waals surface area contributed by atoms with E-state index in [1.165, 1.54) is 22.3 Å². The molecular formula is C55H36N2O2. The molecule has 0 radical (unpaired) electrons. The molecule has 11 aromatic rings. The Hall–Kier alpha value is -7.56. The molecule has 0 bridgehead atoms. The third-order valence-electron chi connectivity index (χ3n) is 12.3. The summed E-state index contributed by atoms with van der Waals surface area (Å²) in [7, 11) is 0. The van der Waals surface area contributed by atoms with Crippen molar-refractivity contribution in [2.75, 3.05) is 0 Å². The number of benzene rings is 8. The standard InChI is InChI=1S/C55H36N2O2/c1-55(2)45-20-6-3-18-41(45)53-42(19-11-21-46(53)55)54-56-47(37-14-9-12-33(28-37)35-24-26-51-43(30-35)39-16-4-7-22-49(39)58-51)32-48(57-54)38-15-10-13-34(29-38)36-25-27-52-44(31-36)40-17-5-8-23-50(40)59-52/h3-32H,1-2H3. The maximum absolute atomic E-state index is 6.16. The van der Waals surface area contributed by atoms with Crippen LogP contribution in [0.2, 0.25) is 0 Å². The van der Waals surface area contributed by atoms with Gasteiger partial charge in [-0.3, -0.25) is 0 Å². The van der Waals surface area contributed by atoms with E-state index in [1.54, 1.807) is 0 Å². The van der Waals surface area contributed by atoms with E-state index in [0.717, 1.165) is 94.2 Å². The Labute approximate surface area is 341 Å². The predicted octanol–water partition coefficient (Wildman–Crippen LogP) is 14.9. The molecule has 1 aliphatic carbocycles. The van der Waals surface area contributed by atoms with Gasteiger partial charge in [0.05, 0.1) is 11.4 Å². The van der Waals surface area contributed by atoms with Crippen molar-refractivity contribution in [1.82, 2.24) is 9.97 Å². The zero-order valence-electron chi connectivity index (χ0n) is 32.5. The first-order chi connectivity index (χ1) is 29.0. The fourth-order valence-corrected chi connectivity index (χ4v) is 9.33. The van der Waals surface area contributed by atoms with E-state index in [1.807, 2.05) is 24.3 Å². The van der Waals surface area contributed by atoms with Crippen molar-refractivity contribution in [3.05, 3.63) is 193 Å². The molecule has 4 nitrogen and oxygen atoms in total. The summed E-state index contributed by atoms with van der Waals surface area (Å²) in [4.78, 5) is 10.8. The normalized spacial score (nSPS) is 13.1. The summed E-state index contributed by atoms with van der Waals surface area (Å²) in [6.45, 7) is 4.63. The van der Waals surface area contributed by atoms with E-state index in [2.05, 4.69) is 172 Å². The fraction of sp³-hybridized carbons (Fsp3) is 0.0545. The van der Waals surface area contributed by atoms with Crippen molar-refractivity contribution in [3.8, 4) is 67.3 Å². The maximum atomic E-state index is 6.16. The summed E-state index contributed by atoms with van der Waals surface area (Å²) in [6, 6.07) is 64.2. The monoisotopic (exact) mass is 756 g/mol. The molecule has 0 amide bonds. The van der Waals surface area contributed by atoms with Crippen molar-refractivity contribution < 1.29 is 8.83 Å². The van der Waals surface area contributed by atoms with Gasteiger partial charge in [-0.15, -0.1) is 0 Å². The molecule has 12 rings (SSSR count). The van der Waals surface area contributed by atoms with Crippen LogP contribution in [-0.4, -0.2) is 9.97 Å². The van der Waals surface area contributed by atoms with Crippen LogP contribution in [0.5, 0.6) is 0 Å². The van der Waals surface area contributed by atoms with Crippen molar-refractivity contribution in [2.45, 2.75) is 19.3 Å². The lowest BCUT2D eigenvalue weighted by atomic mass is 9.82. The van der Waals surface area contributed by atoms with Gasteiger partial charge in [0.25, 0.3) is 0 Å². The van der Waals surface area contributed by atoms with Crippen LogP contribution < -0.4 is 0 Å². The van der Waals surface area contributed by atoms with Gasteiger partial charge in [0, 0.05) is 43.7 Å². The molecule has 0 unspecified atom stereocenters. The van der Waals surface area contributed by atoms with Crippen LogP contribution in [0.15, 0.2) is 191 Å². The minimum Gasteiger partial charge on any atom is -0.456 e. The summed E-state index contributed by atoms with van der Waals surface area (Å²) in [5.41, 5.74) is 17.7. The van der Waals surface area contributed by atoms with Gasteiger partial charge >= 0.3 is 0 Å². The number of rotatable bonds is 5. The molecule has 3 heterocycles. The van der Waals surface area contributed by atoms with Crippen LogP contribution >= 0.6 is 0 Å². The number of para-hydroxylation sites is 2. The summed E-state index contributed by atoms with van der Waals surface area (Å²) in [5, 5.41) is 4.45. The first kappa shape index (κ1) is 33.6. The van der Waals surface area contributed by atoms with E-state index >= 15 is 0 Å². The summed E-state index contributed by atoms with van der Waals surface area (Å²) in [6.07, 6.45) is 0. The van der Waals surface area contributed by atoms with E-state index in [9.17, 15) is 0 Å². The molecule has 0 spiro atoms. The number of nitrogens with zero attached hydrogens (tertiary/aromatic N) is 2. The van der Waals surface area contributed by atoms with E-state index < -0.39 is 0 Å². The van der Waals surface area contributed by atoms with Crippen LogP contribution in [0, 0.1) is 0 Å². The third-order valence-corrected chi connectivity index (χ3v) is 12.3. The SMILES string of the molecule is CC1(C)c2ccccc2-c2c(-c3nc(-c4cccc(-c5ccc6oc7ccccc7c6c5)c4)cc(-c4cccc(-c5ccc6oc7ccccc7c6c5)c4)n3)cccc21. The molecule has 0 aliphatic heterocycles. The van der Waals surface area contributed by atoms with Gasteiger partial charge in [-0.1, -0.05) is 141 Å². The molecule has 8 aromatic carbocycles. The van der Waals surface area contributed by atoms with Gasteiger partial charge in [0.15, 0.2) is 5.82 Å². The number of furan rings is 2. The first-order valence-electron chi connectivity index (χ1n) is 20.1. The average Bonchev–Trinajstić information content (AvgIpc) is 3.93. The van der Waals surface area contributed by atoms with Crippen molar-refractivity contribution in [2.24, 2.45) is 0 Å². The van der Waals surface area contributed by atoms with Crippen molar-refractivity contribution in [3.63, 3.8) is 0 Å². The fourth-order valence-electron chi connectivity index (χ4n) is 9.33. The molecule has 3 aromatic heterocycles. The van der Waals surface area contributed by atoms with E-state index in [0.29, 0.717) is 5.82 Å². The number of hydrogen-bond acceptors (Lipinski definition) is 4. The second-order valence-electron chi connectivity index (χ2n) is 16.1. The van der Waals surface area contributed by atoms with Crippen LogP contribution in [-0.2, 0) is 5.41 Å². The third kappa shape index (κ3) is 5.30. The van der Waals surface area contributed by atoms with E-state index in [-0.39, 0.29) is 5.41 Å². The lowest BCUT2D eigenvalue weighted by molar-refractivity contribution is 0.660. The van der Waals surface area contributed by atoms with Crippen LogP contribution in [0.4, 0.5) is 0 Å². The molecule has 0 atom stereocenters. The molecule has 59 heavy (non-hydrogen) atoms. The Kier molecular flexibility index (Phi) is 7.24. The quantitative estimate of drug-likeness (QED) is 0.175. The first-order valence-corrected chi connectivity index (χ1v) is 20.1. The number of fused-ring (bicyclic) bond motifs is 9. The zero-order chi connectivity index (χ0) is 39.2. The average molecular weight is 757 g/mol.